The van der Waals surface area contributed by atoms with Crippen LogP contribution in [0.5, 0.6) is 5.75 Å². The number of benzene rings is 1. The molecule has 39 heavy (non-hydrogen) atoms. The molecule has 1 fully saturated rings. The number of aromatic hydroxyl groups is 1. The summed E-state index contributed by atoms with van der Waals surface area (Å²) in [4.78, 5) is 51.7. The minimum absolute atomic E-state index is 0.0381. The molecule has 3 aliphatic rings. The minimum atomic E-state index is -2.63. The fourth-order valence-corrected chi connectivity index (χ4v) is 5.71. The van der Waals surface area contributed by atoms with Gasteiger partial charge in [-0.25, -0.2) is 4.79 Å². The van der Waals surface area contributed by atoms with Crippen LogP contribution in [0.4, 0.5) is 10.5 Å². The van der Waals surface area contributed by atoms with Gasteiger partial charge >= 0.3 is 6.09 Å². The quantitative estimate of drug-likeness (QED) is 0.166. The van der Waals surface area contributed by atoms with E-state index in [9.17, 15) is 39.6 Å². The summed E-state index contributed by atoms with van der Waals surface area (Å²) in [7, 11) is 3.50. The second-order valence-corrected chi connectivity index (χ2v) is 10.1. The van der Waals surface area contributed by atoms with E-state index in [0.29, 0.717) is 17.7 Å². The second kappa shape index (κ2) is 10.1. The summed E-state index contributed by atoms with van der Waals surface area (Å²) in [5, 5.41) is 47.1. The van der Waals surface area contributed by atoms with Crippen LogP contribution >= 0.6 is 0 Å². The molecule has 0 spiro atoms. The van der Waals surface area contributed by atoms with Crippen LogP contribution < -0.4 is 16.0 Å². The lowest BCUT2D eigenvalue weighted by molar-refractivity contribution is -0.147. The number of carbonyl (C=O) groups is 4. The highest BCUT2D eigenvalue weighted by Crippen LogP contribution is 2.53. The van der Waals surface area contributed by atoms with Crippen molar-refractivity contribution in [3.05, 3.63) is 52.3 Å². The molecule has 0 bridgehead atoms. The number of hydrogen-bond acceptors (Lipinski definition) is 10. The maximum atomic E-state index is 13.7. The number of aliphatic hydroxyl groups is 3. The molecule has 3 aliphatic carbocycles. The minimum Gasteiger partial charge on any atom is -0.508 e. The van der Waals surface area contributed by atoms with E-state index in [1.807, 2.05) is 0 Å². The monoisotopic (exact) mass is 541 g/mol. The average Bonchev–Trinajstić information content (AvgIpc) is 2.85. The number of fused-ring (bicyclic) bond motifs is 3. The van der Waals surface area contributed by atoms with Gasteiger partial charge in [-0.3, -0.25) is 14.4 Å². The van der Waals surface area contributed by atoms with E-state index in [0.717, 1.165) is 0 Å². The smallest absolute Gasteiger partial charge is 0.407 e. The molecule has 0 radical (unpaired) electrons. The number of carbonyl (C=O) groups excluding carboxylic acids is 4. The lowest BCUT2D eigenvalue weighted by Crippen LogP contribution is -2.58. The van der Waals surface area contributed by atoms with Crippen LogP contribution in [0.15, 0.2) is 35.6 Å². The fourth-order valence-electron chi connectivity index (χ4n) is 5.71. The van der Waals surface area contributed by atoms with Crippen molar-refractivity contribution >= 4 is 35.0 Å². The Kier molecular flexibility index (Phi) is 7.17. The van der Waals surface area contributed by atoms with Crippen molar-refractivity contribution in [2.24, 2.45) is 17.6 Å². The molecule has 0 unspecified atom stereocenters. The van der Waals surface area contributed by atoms with Gasteiger partial charge in [0.15, 0.2) is 11.4 Å². The molecule has 1 saturated carbocycles. The van der Waals surface area contributed by atoms with E-state index in [-0.39, 0.29) is 54.9 Å². The molecule has 12 nitrogen and oxygen atoms in total. The van der Waals surface area contributed by atoms with E-state index in [1.165, 1.54) is 0 Å². The Morgan fingerprint density at radius 3 is 2.56 bits per heavy atom. The van der Waals surface area contributed by atoms with Crippen LogP contribution in [-0.4, -0.2) is 70.3 Å². The van der Waals surface area contributed by atoms with Gasteiger partial charge in [-0.2, -0.15) is 0 Å². The number of ether oxygens (including phenoxy) is 1. The maximum Gasteiger partial charge on any atom is 0.407 e. The summed E-state index contributed by atoms with van der Waals surface area (Å²) in [5.74, 6) is -6.93. The SMILES string of the molecule is C=CCCOC(=O)NCc1cc(N(C)C)c2c(c1O)C(O)=C1C(=O)[C@]3(O)C(O)=C(C(N)=O)C(=O)C[C@@H]3C[C@@H]1C2. The number of hydrogen-bond donors (Lipinski definition) is 6. The van der Waals surface area contributed by atoms with E-state index in [2.05, 4.69) is 11.9 Å². The first-order valence-corrected chi connectivity index (χ1v) is 12.4. The van der Waals surface area contributed by atoms with Crippen molar-refractivity contribution in [1.29, 1.82) is 0 Å². The number of phenolic OH excluding ortho intramolecular Hbond substituents is 1. The molecule has 3 atom stereocenters. The van der Waals surface area contributed by atoms with Gasteiger partial charge in [0.1, 0.15) is 22.8 Å². The van der Waals surface area contributed by atoms with Crippen LogP contribution in [0.25, 0.3) is 5.76 Å². The van der Waals surface area contributed by atoms with Gasteiger partial charge in [-0.1, -0.05) is 6.08 Å². The highest BCUT2D eigenvalue weighted by Gasteiger charge is 2.60. The van der Waals surface area contributed by atoms with Crippen molar-refractivity contribution in [2.45, 2.75) is 37.8 Å². The number of nitrogens with zero attached hydrogens (tertiary/aromatic N) is 1. The van der Waals surface area contributed by atoms with Gasteiger partial charge in [0.05, 0.1) is 12.2 Å². The van der Waals surface area contributed by atoms with Gasteiger partial charge < -0.3 is 41.1 Å². The summed E-state index contributed by atoms with van der Waals surface area (Å²) in [5.41, 5.74) is 2.82. The number of anilines is 1. The topological polar surface area (TPSA) is 200 Å². The van der Waals surface area contributed by atoms with Crippen molar-refractivity contribution in [2.75, 3.05) is 25.6 Å². The Bertz CT molecular complexity index is 1360. The highest BCUT2D eigenvalue weighted by atomic mass is 16.5. The first-order valence-electron chi connectivity index (χ1n) is 12.4. The Hall–Kier alpha value is -4.32. The third-order valence-corrected chi connectivity index (χ3v) is 7.58. The average molecular weight is 542 g/mol. The normalized spacial score (nSPS) is 24.0. The number of nitrogens with two attached hydrogens (primary N) is 1. The maximum absolute atomic E-state index is 13.7. The van der Waals surface area contributed by atoms with Crippen molar-refractivity contribution in [3.8, 4) is 5.75 Å². The van der Waals surface area contributed by atoms with Crippen LogP contribution in [0.2, 0.25) is 0 Å². The Morgan fingerprint density at radius 1 is 1.26 bits per heavy atom. The van der Waals surface area contributed by atoms with Crippen molar-refractivity contribution in [3.63, 3.8) is 0 Å². The zero-order valence-corrected chi connectivity index (χ0v) is 21.6. The number of phenols is 1. The zero-order chi connectivity index (χ0) is 28.8. The summed E-state index contributed by atoms with van der Waals surface area (Å²) >= 11 is 0. The lowest BCUT2D eigenvalue weighted by atomic mass is 9.59. The van der Waals surface area contributed by atoms with E-state index >= 15 is 0 Å². The zero-order valence-electron chi connectivity index (χ0n) is 21.6. The van der Waals surface area contributed by atoms with Gasteiger partial charge in [0, 0.05) is 49.8 Å². The molecule has 0 saturated heterocycles. The van der Waals surface area contributed by atoms with Crippen LogP contribution in [0.1, 0.15) is 36.0 Å². The molecule has 12 heteroatoms. The number of Topliss-reactive ketones (excluding diaryl/α,β-unsaturated/α-hetero) is 2. The molecule has 1 aromatic carbocycles. The van der Waals surface area contributed by atoms with Crippen LogP contribution in [0, 0.1) is 11.8 Å². The van der Waals surface area contributed by atoms with Crippen molar-refractivity contribution < 1.29 is 44.3 Å². The van der Waals surface area contributed by atoms with Gasteiger partial charge in [-0.05, 0) is 36.8 Å². The van der Waals surface area contributed by atoms with Gasteiger partial charge in [0.25, 0.3) is 5.91 Å². The van der Waals surface area contributed by atoms with E-state index < -0.39 is 58.1 Å². The predicted molar refractivity (Wildman–Crippen MR) is 139 cm³/mol. The molecule has 2 amide bonds. The molecule has 4 rings (SSSR count). The van der Waals surface area contributed by atoms with Crippen LogP contribution in [-0.2, 0) is 32.1 Å². The number of aliphatic hydroxyl groups excluding tert-OH is 2. The number of ketones is 2. The summed E-state index contributed by atoms with van der Waals surface area (Å²) in [6, 6.07) is 1.65. The molecular weight excluding hydrogens is 510 g/mol. The first kappa shape index (κ1) is 27.7. The van der Waals surface area contributed by atoms with Crippen molar-refractivity contribution in [1.82, 2.24) is 5.32 Å². The largest absolute Gasteiger partial charge is 0.508 e. The van der Waals surface area contributed by atoms with E-state index in [4.69, 9.17) is 10.5 Å². The van der Waals surface area contributed by atoms with E-state index in [1.54, 1.807) is 31.1 Å². The third kappa shape index (κ3) is 4.40. The number of alkyl carbamates (subject to hydrolysis) is 1. The molecular formula is C27H31N3O9. The Labute approximate surface area is 224 Å². The second-order valence-electron chi connectivity index (χ2n) is 10.1. The van der Waals surface area contributed by atoms with Gasteiger partial charge in [0.2, 0.25) is 5.78 Å². The Balaban J connectivity index is 1.80. The summed E-state index contributed by atoms with van der Waals surface area (Å²) in [6.45, 7) is 3.51. The third-order valence-electron chi connectivity index (χ3n) is 7.58. The summed E-state index contributed by atoms with van der Waals surface area (Å²) in [6.07, 6.45) is 1.16. The molecule has 0 heterocycles. The first-order chi connectivity index (χ1) is 18.3. The van der Waals surface area contributed by atoms with Gasteiger partial charge in [-0.15, -0.1) is 6.58 Å². The number of amides is 2. The fraction of sp³-hybridized carbons (Fsp3) is 0.407. The summed E-state index contributed by atoms with van der Waals surface area (Å²) < 4.78 is 5.02. The molecule has 1 aromatic rings. The molecule has 0 aromatic heterocycles. The Morgan fingerprint density at radius 2 is 1.95 bits per heavy atom. The molecule has 208 valence electrons. The molecule has 0 aliphatic heterocycles. The highest BCUT2D eigenvalue weighted by molar-refractivity contribution is 6.22. The predicted octanol–water partition coefficient (Wildman–Crippen LogP) is 1.29. The number of nitrogens with one attached hydrogen (secondary N) is 1. The lowest BCUT2D eigenvalue weighted by Gasteiger charge is -2.46. The molecule has 7 N–H and O–H groups in total. The van der Waals surface area contributed by atoms with Crippen LogP contribution in [0.3, 0.4) is 0 Å². The number of primary amides is 1. The number of rotatable bonds is 7. The standard InChI is InChI=1S/C27H31N3O9/c1-4-5-6-39-26(37)29-11-13-9-16(30(2)3)15-8-12-7-14-10-17(31)20(25(28)36)24(35)27(14,38)23(34)18(12)22(33)19(15)21(13)32/h4,9,12,14,32-33,35,38H,1,5-8,10-11H2,2-3H3,(H2,28,36)(H,29,37)/t12-,14+,27+/m1/s1.